The molecule has 1 amide bonds. The molecule has 0 aliphatic rings. The van der Waals surface area contributed by atoms with Crippen LogP contribution in [-0.4, -0.2) is 58.0 Å². The highest BCUT2D eigenvalue weighted by molar-refractivity contribution is 6.32. The van der Waals surface area contributed by atoms with Crippen molar-refractivity contribution in [1.29, 1.82) is 0 Å². The quantitative estimate of drug-likeness (QED) is 0.209. The second-order valence-corrected chi connectivity index (χ2v) is 7.47. The molecular formula is C22H19ClN6O6. The third kappa shape index (κ3) is 5.06. The molecule has 35 heavy (non-hydrogen) atoms. The molecule has 4 rings (SSSR count). The fourth-order valence-corrected chi connectivity index (χ4v) is 3.41. The Morgan fingerprint density at radius 1 is 1.09 bits per heavy atom. The number of hydrogen-bond acceptors (Lipinski definition) is 9. The topological polar surface area (TPSA) is 143 Å². The lowest BCUT2D eigenvalue weighted by atomic mass is 10.2. The standard InChI is InChI=1S/C22H19ClN6O6/c1-33-17-6-4-13(12-18(17)34-2)21-26-25-19-7-8-20(27-28(19)21)35-10-9-24-22(30)14-3-5-15(23)16(11-14)29(31)32/h3-8,11-12H,9-10H2,1-2H3,(H,24,30). The lowest BCUT2D eigenvalue weighted by molar-refractivity contribution is -0.384. The van der Waals surface area contributed by atoms with E-state index in [1.807, 2.05) is 6.07 Å². The van der Waals surface area contributed by atoms with Gasteiger partial charge in [0.25, 0.3) is 11.6 Å². The molecule has 13 heteroatoms. The summed E-state index contributed by atoms with van der Waals surface area (Å²) in [4.78, 5) is 22.6. The second-order valence-electron chi connectivity index (χ2n) is 7.06. The van der Waals surface area contributed by atoms with Gasteiger partial charge in [0, 0.05) is 23.3 Å². The van der Waals surface area contributed by atoms with Gasteiger partial charge in [-0.2, -0.15) is 4.52 Å². The van der Waals surface area contributed by atoms with Crippen molar-refractivity contribution in [3.05, 3.63) is 69.2 Å². The number of rotatable bonds is 9. The molecule has 0 aliphatic carbocycles. The first kappa shape index (κ1) is 23.7. The Bertz CT molecular complexity index is 1410. The van der Waals surface area contributed by atoms with Crippen LogP contribution in [0.1, 0.15) is 10.4 Å². The van der Waals surface area contributed by atoms with Crippen molar-refractivity contribution in [3.8, 4) is 28.8 Å². The van der Waals surface area contributed by atoms with Crippen molar-refractivity contribution in [2.24, 2.45) is 0 Å². The molecule has 12 nitrogen and oxygen atoms in total. The molecular weight excluding hydrogens is 480 g/mol. The Morgan fingerprint density at radius 2 is 1.89 bits per heavy atom. The molecule has 0 atom stereocenters. The lowest BCUT2D eigenvalue weighted by Crippen LogP contribution is -2.28. The van der Waals surface area contributed by atoms with E-state index in [0.717, 1.165) is 6.07 Å². The largest absolute Gasteiger partial charge is 0.493 e. The summed E-state index contributed by atoms with van der Waals surface area (Å²) in [6, 6.07) is 12.5. The molecule has 0 saturated carbocycles. The molecule has 0 spiro atoms. The van der Waals surface area contributed by atoms with E-state index in [1.165, 1.54) is 16.6 Å². The van der Waals surface area contributed by atoms with E-state index in [0.29, 0.717) is 28.5 Å². The molecule has 1 N–H and O–H groups in total. The zero-order valence-corrected chi connectivity index (χ0v) is 19.4. The van der Waals surface area contributed by atoms with Gasteiger partial charge in [0.05, 0.1) is 25.7 Å². The number of amides is 1. The summed E-state index contributed by atoms with van der Waals surface area (Å²) in [5, 5.41) is 26.3. The monoisotopic (exact) mass is 498 g/mol. The highest BCUT2D eigenvalue weighted by Crippen LogP contribution is 2.31. The highest BCUT2D eigenvalue weighted by atomic mass is 35.5. The molecule has 2 aromatic carbocycles. The predicted molar refractivity (Wildman–Crippen MR) is 125 cm³/mol. The van der Waals surface area contributed by atoms with Crippen molar-refractivity contribution in [2.75, 3.05) is 27.4 Å². The van der Waals surface area contributed by atoms with Crippen LogP contribution in [0.2, 0.25) is 5.02 Å². The first-order valence-electron chi connectivity index (χ1n) is 10.2. The van der Waals surface area contributed by atoms with Gasteiger partial charge in [0.2, 0.25) is 5.88 Å². The minimum Gasteiger partial charge on any atom is -0.493 e. The smallest absolute Gasteiger partial charge is 0.288 e. The normalized spacial score (nSPS) is 10.7. The molecule has 2 aromatic heterocycles. The molecule has 0 unspecified atom stereocenters. The van der Waals surface area contributed by atoms with E-state index in [4.69, 9.17) is 25.8 Å². The summed E-state index contributed by atoms with van der Waals surface area (Å²) in [5.74, 6) is 1.39. The number of hydrogen-bond donors (Lipinski definition) is 1. The Labute approximate surface area is 203 Å². The first-order chi connectivity index (χ1) is 16.9. The zero-order valence-electron chi connectivity index (χ0n) is 18.6. The number of carbonyl (C=O) groups excluding carboxylic acids is 1. The summed E-state index contributed by atoms with van der Waals surface area (Å²) in [6.07, 6.45) is 0. The minimum absolute atomic E-state index is 0.0437. The number of nitrogens with zero attached hydrogens (tertiary/aromatic N) is 5. The number of ether oxygens (including phenoxy) is 3. The van der Waals surface area contributed by atoms with Gasteiger partial charge in [0.1, 0.15) is 11.6 Å². The predicted octanol–water partition coefficient (Wildman–Crippen LogP) is 3.18. The Hall–Kier alpha value is -4.45. The molecule has 2 heterocycles. The van der Waals surface area contributed by atoms with Crippen molar-refractivity contribution in [2.45, 2.75) is 0 Å². The van der Waals surface area contributed by atoms with Gasteiger partial charge in [-0.3, -0.25) is 14.9 Å². The molecule has 0 radical (unpaired) electrons. The van der Waals surface area contributed by atoms with Crippen LogP contribution in [0.5, 0.6) is 17.4 Å². The maximum Gasteiger partial charge on any atom is 0.288 e. The van der Waals surface area contributed by atoms with Crippen molar-refractivity contribution in [3.63, 3.8) is 0 Å². The number of carbonyl (C=O) groups is 1. The van der Waals surface area contributed by atoms with E-state index >= 15 is 0 Å². The summed E-state index contributed by atoms with van der Waals surface area (Å²) in [7, 11) is 3.09. The van der Waals surface area contributed by atoms with Crippen LogP contribution < -0.4 is 19.5 Å². The minimum atomic E-state index is -0.648. The van der Waals surface area contributed by atoms with Gasteiger partial charge in [-0.25, -0.2) is 0 Å². The number of halogens is 1. The molecule has 180 valence electrons. The maximum absolute atomic E-state index is 12.3. The van der Waals surface area contributed by atoms with Gasteiger partial charge in [0.15, 0.2) is 23.0 Å². The fraction of sp³-hybridized carbons (Fsp3) is 0.182. The van der Waals surface area contributed by atoms with Crippen LogP contribution in [0.25, 0.3) is 17.0 Å². The third-order valence-corrected chi connectivity index (χ3v) is 5.24. The highest BCUT2D eigenvalue weighted by Gasteiger charge is 2.16. The Balaban J connectivity index is 1.42. The Kier molecular flexibility index (Phi) is 6.92. The first-order valence-corrected chi connectivity index (χ1v) is 10.6. The number of nitro benzene ring substituents is 1. The molecule has 0 saturated heterocycles. The number of methoxy groups -OCH3 is 2. The maximum atomic E-state index is 12.3. The summed E-state index contributed by atoms with van der Waals surface area (Å²) < 4.78 is 17.8. The van der Waals surface area contributed by atoms with E-state index in [1.54, 1.807) is 38.5 Å². The zero-order chi connectivity index (χ0) is 24.9. The molecule has 0 bridgehead atoms. The van der Waals surface area contributed by atoms with Crippen LogP contribution >= 0.6 is 11.6 Å². The van der Waals surface area contributed by atoms with Crippen LogP contribution in [0.4, 0.5) is 5.69 Å². The van der Waals surface area contributed by atoms with E-state index in [9.17, 15) is 14.9 Å². The van der Waals surface area contributed by atoms with Gasteiger partial charge in [-0.1, -0.05) is 11.6 Å². The fourth-order valence-electron chi connectivity index (χ4n) is 3.22. The number of fused-ring (bicyclic) bond motifs is 1. The lowest BCUT2D eigenvalue weighted by Gasteiger charge is -2.09. The second kappa shape index (κ2) is 10.2. The van der Waals surface area contributed by atoms with Crippen molar-refractivity contribution < 1.29 is 23.9 Å². The molecule has 0 fully saturated rings. The van der Waals surface area contributed by atoms with E-state index < -0.39 is 10.8 Å². The van der Waals surface area contributed by atoms with Crippen LogP contribution in [-0.2, 0) is 0 Å². The average molecular weight is 499 g/mol. The van der Waals surface area contributed by atoms with Crippen LogP contribution in [0.15, 0.2) is 48.5 Å². The molecule has 0 aliphatic heterocycles. The van der Waals surface area contributed by atoms with E-state index in [-0.39, 0.29) is 35.3 Å². The summed E-state index contributed by atoms with van der Waals surface area (Å²) >= 11 is 5.78. The number of nitrogens with one attached hydrogen (secondary N) is 1. The average Bonchev–Trinajstić information content (AvgIpc) is 3.29. The third-order valence-electron chi connectivity index (χ3n) is 4.92. The van der Waals surface area contributed by atoms with Gasteiger partial charge < -0.3 is 19.5 Å². The Morgan fingerprint density at radius 3 is 2.63 bits per heavy atom. The number of aromatic nitrogens is 4. The van der Waals surface area contributed by atoms with Gasteiger partial charge in [-0.15, -0.1) is 15.3 Å². The summed E-state index contributed by atoms with van der Waals surface area (Å²) in [6.45, 7) is 0.243. The number of benzene rings is 2. The summed E-state index contributed by atoms with van der Waals surface area (Å²) in [5.41, 5.74) is 1.00. The van der Waals surface area contributed by atoms with Crippen molar-refractivity contribution in [1.82, 2.24) is 25.1 Å². The van der Waals surface area contributed by atoms with Gasteiger partial charge >= 0.3 is 0 Å². The van der Waals surface area contributed by atoms with E-state index in [2.05, 4.69) is 20.6 Å². The van der Waals surface area contributed by atoms with Gasteiger partial charge in [-0.05, 0) is 36.4 Å². The molecule has 4 aromatic rings. The number of nitro groups is 1. The van der Waals surface area contributed by atoms with Crippen molar-refractivity contribution >= 4 is 28.8 Å². The van der Waals surface area contributed by atoms with Crippen LogP contribution in [0.3, 0.4) is 0 Å². The van der Waals surface area contributed by atoms with Crippen LogP contribution in [0, 0.1) is 10.1 Å². The SMILES string of the molecule is COc1ccc(-c2nnc3ccc(OCCNC(=O)c4ccc(Cl)c([N+](=O)[O-])c4)nn23)cc1OC.